The molecule has 0 amide bonds. The van der Waals surface area contributed by atoms with E-state index in [4.69, 9.17) is 14.7 Å². The number of allylic oxidation sites excluding steroid dienone is 4. The maximum Gasteiger partial charge on any atom is 0.159 e. The quantitative estimate of drug-likeness (QED) is 0.167. The van der Waals surface area contributed by atoms with Crippen molar-refractivity contribution >= 4 is 60.7 Å². The predicted molar refractivity (Wildman–Crippen MR) is 245 cm³/mol. The van der Waals surface area contributed by atoms with Crippen LogP contribution in [0.5, 0.6) is 0 Å². The summed E-state index contributed by atoms with van der Waals surface area (Å²) < 4.78 is 9.39. The summed E-state index contributed by atoms with van der Waals surface area (Å²) in [5.41, 5.74) is 17.2. The lowest BCUT2D eigenvalue weighted by atomic mass is 9.95. The van der Waals surface area contributed by atoms with Crippen LogP contribution in [0, 0.1) is 0 Å². The highest BCUT2D eigenvalue weighted by Crippen LogP contribution is 2.46. The lowest BCUT2D eigenvalue weighted by molar-refractivity contribution is 0.666. The number of rotatable bonds is 6. The zero-order valence-corrected chi connectivity index (χ0v) is 32.1. The third kappa shape index (κ3) is 5.49. The van der Waals surface area contributed by atoms with E-state index in [0.29, 0.717) is 0 Å². The van der Waals surface area contributed by atoms with Crippen LogP contribution in [-0.4, -0.2) is 10.3 Å². The summed E-state index contributed by atoms with van der Waals surface area (Å²) in [5.74, 6) is 0. The molecular formula is C55H36N3O-. The van der Waals surface area contributed by atoms with E-state index in [1.165, 1.54) is 44.2 Å². The van der Waals surface area contributed by atoms with E-state index in [0.717, 1.165) is 73.2 Å². The number of furan rings is 1. The van der Waals surface area contributed by atoms with Crippen molar-refractivity contribution in [3.8, 4) is 27.9 Å². The Balaban J connectivity index is 1.05. The fourth-order valence-corrected chi connectivity index (χ4v) is 9.16. The topological polar surface area (TPSA) is 44.5 Å². The molecule has 12 rings (SSSR count). The Morgan fingerprint density at radius 3 is 1.95 bits per heavy atom. The number of benzene rings is 8. The maximum atomic E-state index is 6.99. The van der Waals surface area contributed by atoms with Gasteiger partial charge < -0.3 is 14.3 Å². The van der Waals surface area contributed by atoms with Crippen molar-refractivity contribution in [3.63, 3.8) is 0 Å². The van der Waals surface area contributed by atoms with Crippen molar-refractivity contribution in [2.45, 2.75) is 12.6 Å². The smallest absolute Gasteiger partial charge is 0.159 e. The minimum atomic E-state index is -0.459. The van der Waals surface area contributed by atoms with Crippen molar-refractivity contribution in [1.29, 1.82) is 0 Å². The van der Waals surface area contributed by atoms with Crippen LogP contribution in [0.2, 0.25) is 0 Å². The van der Waals surface area contributed by atoms with Gasteiger partial charge in [0.05, 0.1) is 22.4 Å². The van der Waals surface area contributed by atoms with Crippen LogP contribution in [0.15, 0.2) is 210 Å². The molecule has 59 heavy (non-hydrogen) atoms. The summed E-state index contributed by atoms with van der Waals surface area (Å²) in [6.45, 7) is 0. The van der Waals surface area contributed by atoms with Gasteiger partial charge in [-0.15, -0.1) is 5.69 Å². The van der Waals surface area contributed by atoms with Gasteiger partial charge in [-0.2, -0.15) is 0 Å². The minimum Gasteiger partial charge on any atom is -0.659 e. The van der Waals surface area contributed by atoms with Crippen molar-refractivity contribution in [2.75, 3.05) is 0 Å². The molecule has 1 unspecified atom stereocenters. The average molecular weight is 755 g/mol. The molecule has 4 heteroatoms. The van der Waals surface area contributed by atoms with E-state index in [9.17, 15) is 0 Å². The van der Waals surface area contributed by atoms with Crippen molar-refractivity contribution in [3.05, 3.63) is 228 Å². The molecule has 0 spiro atoms. The molecule has 0 saturated carbocycles. The van der Waals surface area contributed by atoms with Gasteiger partial charge in [-0.25, -0.2) is 0 Å². The molecule has 1 atom stereocenters. The molecule has 1 aliphatic carbocycles. The number of hydrogen-bond donors (Lipinski definition) is 0. The fourth-order valence-electron chi connectivity index (χ4n) is 9.16. The van der Waals surface area contributed by atoms with Gasteiger partial charge in [-0.05, 0) is 75.2 Å². The van der Waals surface area contributed by atoms with Gasteiger partial charge in [-0.1, -0.05) is 176 Å². The lowest BCUT2D eigenvalue weighted by Crippen LogP contribution is -2.12. The first kappa shape index (κ1) is 33.4. The van der Waals surface area contributed by atoms with E-state index >= 15 is 0 Å². The van der Waals surface area contributed by atoms with Crippen LogP contribution >= 0.6 is 0 Å². The largest absolute Gasteiger partial charge is 0.659 e. The number of para-hydroxylation sites is 2. The first-order valence-corrected chi connectivity index (χ1v) is 20.2. The first-order valence-electron chi connectivity index (χ1n) is 20.2. The monoisotopic (exact) mass is 754 g/mol. The third-order valence-corrected chi connectivity index (χ3v) is 12.0. The summed E-state index contributed by atoms with van der Waals surface area (Å²) in [6, 6.07) is 64.8. The zero-order valence-electron chi connectivity index (χ0n) is 32.1. The molecular weight excluding hydrogens is 719 g/mol. The molecule has 1 aliphatic heterocycles. The third-order valence-electron chi connectivity index (χ3n) is 12.0. The second-order valence-electron chi connectivity index (χ2n) is 15.4. The Bertz CT molecular complexity index is 3370. The van der Waals surface area contributed by atoms with E-state index in [-0.39, 0.29) is 0 Å². The van der Waals surface area contributed by atoms with Crippen LogP contribution in [0.3, 0.4) is 0 Å². The van der Waals surface area contributed by atoms with Gasteiger partial charge >= 0.3 is 0 Å². The van der Waals surface area contributed by atoms with Crippen molar-refractivity contribution < 1.29 is 4.42 Å². The van der Waals surface area contributed by atoms with Gasteiger partial charge in [0.1, 0.15) is 5.58 Å². The molecule has 278 valence electrons. The molecule has 4 nitrogen and oxygen atoms in total. The van der Waals surface area contributed by atoms with E-state index < -0.39 is 6.17 Å². The van der Waals surface area contributed by atoms with Gasteiger partial charge in [0, 0.05) is 33.3 Å². The van der Waals surface area contributed by atoms with Gasteiger partial charge in [0.25, 0.3) is 0 Å². The molecule has 0 radical (unpaired) electrons. The minimum absolute atomic E-state index is 0.459. The average Bonchev–Trinajstić information content (AvgIpc) is 4.06. The van der Waals surface area contributed by atoms with Crippen molar-refractivity contribution in [2.24, 2.45) is 4.99 Å². The number of hydrogen-bond acceptors (Lipinski definition) is 2. The highest BCUT2D eigenvalue weighted by molar-refractivity contribution is 6.18. The standard InChI is InChI=1S/C55H36N3O/c1-3-13-35(14-4-1)38-25-27-39(28-26-38)53-44-19-9-10-22-47(44)56-55(57-53)46-21-12-24-51-52(46)45-20-11-23-48(54(45)59-51)58-49-33-40(36-15-5-2-6-16-36)29-31-42(49)43-32-30-41(34-50(43)58)37-17-7-8-18-37/h1-17,19-34,55H,18H2/q-1. The van der Waals surface area contributed by atoms with E-state index in [1.54, 1.807) is 0 Å². The number of nitrogens with zero attached hydrogens (tertiary/aromatic N) is 3. The molecule has 3 heterocycles. The van der Waals surface area contributed by atoms with Gasteiger partial charge in [0.15, 0.2) is 5.58 Å². The highest BCUT2D eigenvalue weighted by Gasteiger charge is 2.23. The van der Waals surface area contributed by atoms with E-state index in [2.05, 4.69) is 205 Å². The molecule has 2 aliphatic rings. The number of aliphatic imine (C=N–C) groups is 1. The summed E-state index contributed by atoms with van der Waals surface area (Å²) in [6.07, 6.45) is 7.08. The Labute approximate surface area is 341 Å². The van der Waals surface area contributed by atoms with Gasteiger partial charge in [-0.3, -0.25) is 4.99 Å². The Morgan fingerprint density at radius 2 is 1.19 bits per heavy atom. The Kier molecular flexibility index (Phi) is 7.63. The van der Waals surface area contributed by atoms with Crippen LogP contribution in [0.1, 0.15) is 34.8 Å². The summed E-state index contributed by atoms with van der Waals surface area (Å²) in [5, 5.41) is 9.78. The second-order valence-corrected chi connectivity index (χ2v) is 15.4. The van der Waals surface area contributed by atoms with Crippen LogP contribution < -0.4 is 0 Å². The zero-order chi connectivity index (χ0) is 38.9. The first-order chi connectivity index (χ1) is 29.2. The van der Waals surface area contributed by atoms with Crippen LogP contribution in [0.4, 0.5) is 5.69 Å². The Hall–Kier alpha value is -7.69. The summed E-state index contributed by atoms with van der Waals surface area (Å²) >= 11 is 0. The molecule has 0 N–H and O–H groups in total. The second kappa shape index (κ2) is 13.5. The van der Waals surface area contributed by atoms with Crippen molar-refractivity contribution in [1.82, 2.24) is 4.57 Å². The van der Waals surface area contributed by atoms with E-state index in [1.807, 2.05) is 0 Å². The van der Waals surface area contributed by atoms with Crippen LogP contribution in [-0.2, 0) is 0 Å². The molecule has 0 saturated heterocycles. The number of fused-ring (bicyclic) bond motifs is 7. The molecule has 8 aromatic carbocycles. The summed E-state index contributed by atoms with van der Waals surface area (Å²) in [7, 11) is 0. The predicted octanol–water partition coefficient (Wildman–Crippen LogP) is 14.9. The molecule has 2 aromatic heterocycles. The van der Waals surface area contributed by atoms with Crippen LogP contribution in [0.25, 0.3) is 82.6 Å². The highest BCUT2D eigenvalue weighted by atomic mass is 16.3. The molecule has 10 aromatic rings. The fraction of sp³-hybridized carbons (Fsp3) is 0.0364. The summed E-state index contributed by atoms with van der Waals surface area (Å²) in [4.78, 5) is 5.44. The SMILES string of the molecule is C1=CCC(c2ccc3c4ccc(-c5ccccc5)cc4n(-c4cccc5c4oc4cccc(C6N=C(c7ccc(-c8ccccc8)cc7)c7ccccc7[N-]6)c45)c3c2)=C1. The number of aromatic nitrogens is 1. The van der Waals surface area contributed by atoms with Gasteiger partial charge in [0.2, 0.25) is 0 Å². The lowest BCUT2D eigenvalue weighted by Gasteiger charge is -2.38. The maximum absolute atomic E-state index is 6.99. The molecule has 0 bridgehead atoms. The normalized spacial score (nSPS) is 14.8. The Morgan fingerprint density at radius 1 is 0.542 bits per heavy atom. The molecule has 0 fully saturated rings.